The lowest BCUT2D eigenvalue weighted by Crippen LogP contribution is -2.12. The molecule has 2 N–H and O–H groups in total. The molecule has 14 heavy (non-hydrogen) atoms. The number of benzene rings is 1. The highest BCUT2D eigenvalue weighted by atomic mass is 32.2. The summed E-state index contributed by atoms with van der Waals surface area (Å²) in [5, 5.41) is 0. The van der Waals surface area contributed by atoms with E-state index in [0.29, 0.717) is 5.92 Å². The number of hydrogen-bond acceptors (Lipinski definition) is 2. The van der Waals surface area contributed by atoms with Crippen LogP contribution in [0, 0.1) is 5.92 Å². The van der Waals surface area contributed by atoms with Gasteiger partial charge in [-0.2, -0.15) is 0 Å². The van der Waals surface area contributed by atoms with Crippen LogP contribution in [0.4, 0.5) is 0 Å². The van der Waals surface area contributed by atoms with Gasteiger partial charge in [0.1, 0.15) is 0 Å². The minimum absolute atomic E-state index is 0.603. The van der Waals surface area contributed by atoms with E-state index in [1.165, 1.54) is 10.5 Å². The molecular weight excluding hydrogens is 190 g/mol. The van der Waals surface area contributed by atoms with E-state index in [9.17, 15) is 0 Å². The first kappa shape index (κ1) is 11.6. The summed E-state index contributed by atoms with van der Waals surface area (Å²) in [6, 6.07) is 8.81. The van der Waals surface area contributed by atoms with Crippen LogP contribution in [0.15, 0.2) is 29.2 Å². The number of rotatable bonds is 5. The average Bonchev–Trinajstić information content (AvgIpc) is 2.26. The third-order valence-electron chi connectivity index (χ3n) is 2.27. The first-order valence-electron chi connectivity index (χ1n) is 5.18. The standard InChI is InChI=1S/C12H19NS/c1-3-11-4-6-12(7-5-11)14-9-10(2)8-13/h4-7,10H,3,8-9,13H2,1-2H3/t10-/m0/s1. The van der Waals surface area contributed by atoms with E-state index >= 15 is 0 Å². The van der Waals surface area contributed by atoms with Crippen molar-refractivity contribution in [2.24, 2.45) is 11.7 Å². The van der Waals surface area contributed by atoms with Gasteiger partial charge in [-0.25, -0.2) is 0 Å². The first-order chi connectivity index (χ1) is 6.76. The highest BCUT2D eigenvalue weighted by Gasteiger charge is 2.00. The maximum atomic E-state index is 5.57. The minimum Gasteiger partial charge on any atom is -0.330 e. The van der Waals surface area contributed by atoms with Crippen LogP contribution >= 0.6 is 11.8 Å². The second kappa shape index (κ2) is 6.10. The molecule has 0 saturated heterocycles. The van der Waals surface area contributed by atoms with Gasteiger partial charge in [-0.15, -0.1) is 11.8 Å². The van der Waals surface area contributed by atoms with Crippen LogP contribution in [0.5, 0.6) is 0 Å². The molecule has 1 atom stereocenters. The molecule has 1 rings (SSSR count). The molecule has 1 aromatic carbocycles. The summed E-state index contributed by atoms with van der Waals surface area (Å²) < 4.78 is 0. The summed E-state index contributed by atoms with van der Waals surface area (Å²) in [5.41, 5.74) is 6.97. The Bertz CT molecular complexity index is 256. The van der Waals surface area contributed by atoms with Crippen molar-refractivity contribution < 1.29 is 0 Å². The predicted octanol–water partition coefficient (Wildman–Crippen LogP) is 2.94. The van der Waals surface area contributed by atoms with Gasteiger partial charge in [0.2, 0.25) is 0 Å². The quantitative estimate of drug-likeness (QED) is 0.755. The fraction of sp³-hybridized carbons (Fsp3) is 0.500. The van der Waals surface area contributed by atoms with Gasteiger partial charge in [-0.3, -0.25) is 0 Å². The maximum absolute atomic E-state index is 5.57. The van der Waals surface area contributed by atoms with E-state index < -0.39 is 0 Å². The third kappa shape index (κ3) is 3.72. The van der Waals surface area contributed by atoms with Crippen molar-refractivity contribution in [3.8, 4) is 0 Å². The van der Waals surface area contributed by atoms with Crippen LogP contribution < -0.4 is 5.73 Å². The summed E-state index contributed by atoms with van der Waals surface area (Å²) in [4.78, 5) is 1.35. The Morgan fingerprint density at radius 2 is 1.93 bits per heavy atom. The molecule has 0 aliphatic carbocycles. The van der Waals surface area contributed by atoms with Crippen molar-refractivity contribution in [1.29, 1.82) is 0 Å². The second-order valence-corrected chi connectivity index (χ2v) is 4.74. The number of aryl methyl sites for hydroxylation is 1. The molecule has 1 nitrogen and oxygen atoms in total. The summed E-state index contributed by atoms with van der Waals surface area (Å²) in [6.45, 7) is 5.14. The first-order valence-corrected chi connectivity index (χ1v) is 6.16. The lowest BCUT2D eigenvalue weighted by atomic mass is 10.2. The SMILES string of the molecule is CCc1ccc(SC[C@@H](C)CN)cc1. The van der Waals surface area contributed by atoms with Gasteiger partial charge in [-0.05, 0) is 36.6 Å². The largest absolute Gasteiger partial charge is 0.330 e. The number of thioether (sulfide) groups is 1. The smallest absolute Gasteiger partial charge is 0.00722 e. The van der Waals surface area contributed by atoms with E-state index in [1.54, 1.807) is 0 Å². The highest BCUT2D eigenvalue weighted by molar-refractivity contribution is 7.99. The lowest BCUT2D eigenvalue weighted by Gasteiger charge is -2.07. The van der Waals surface area contributed by atoms with Crippen LogP contribution in [-0.2, 0) is 6.42 Å². The second-order valence-electron chi connectivity index (χ2n) is 3.65. The topological polar surface area (TPSA) is 26.0 Å². The highest BCUT2D eigenvalue weighted by Crippen LogP contribution is 2.20. The zero-order valence-corrected chi connectivity index (χ0v) is 9.81. The van der Waals surface area contributed by atoms with E-state index in [-0.39, 0.29) is 0 Å². The van der Waals surface area contributed by atoms with Crippen LogP contribution in [0.3, 0.4) is 0 Å². The molecule has 0 fully saturated rings. The molecule has 0 bridgehead atoms. The van der Waals surface area contributed by atoms with Crippen LogP contribution in [0.1, 0.15) is 19.4 Å². The molecule has 0 saturated carbocycles. The molecule has 1 aromatic rings. The summed E-state index contributed by atoms with van der Waals surface area (Å²) in [7, 11) is 0. The molecule has 0 aliphatic rings. The molecule has 2 heteroatoms. The Balaban J connectivity index is 2.43. The predicted molar refractivity (Wildman–Crippen MR) is 64.8 cm³/mol. The van der Waals surface area contributed by atoms with Crippen LogP contribution in [-0.4, -0.2) is 12.3 Å². The fourth-order valence-corrected chi connectivity index (χ4v) is 2.07. The molecule has 0 spiro atoms. The summed E-state index contributed by atoms with van der Waals surface area (Å²) >= 11 is 1.89. The van der Waals surface area contributed by atoms with Gasteiger partial charge < -0.3 is 5.73 Å². The normalized spacial score (nSPS) is 12.8. The zero-order valence-electron chi connectivity index (χ0n) is 8.99. The Kier molecular flexibility index (Phi) is 5.05. The molecule has 0 radical (unpaired) electrons. The number of nitrogens with two attached hydrogens (primary N) is 1. The van der Waals surface area contributed by atoms with Crippen molar-refractivity contribution in [3.05, 3.63) is 29.8 Å². The van der Waals surface area contributed by atoms with Crippen molar-refractivity contribution in [1.82, 2.24) is 0 Å². The minimum atomic E-state index is 0.603. The van der Waals surface area contributed by atoms with E-state index in [4.69, 9.17) is 5.73 Å². The van der Waals surface area contributed by atoms with Crippen LogP contribution in [0.2, 0.25) is 0 Å². The average molecular weight is 209 g/mol. The van der Waals surface area contributed by atoms with E-state index in [0.717, 1.165) is 18.7 Å². The van der Waals surface area contributed by atoms with Crippen molar-refractivity contribution in [3.63, 3.8) is 0 Å². The third-order valence-corrected chi connectivity index (χ3v) is 3.61. The maximum Gasteiger partial charge on any atom is 0.00722 e. The molecule has 0 heterocycles. The van der Waals surface area contributed by atoms with Crippen molar-refractivity contribution in [2.45, 2.75) is 25.2 Å². The van der Waals surface area contributed by atoms with Gasteiger partial charge in [-0.1, -0.05) is 26.0 Å². The molecule has 0 amide bonds. The van der Waals surface area contributed by atoms with E-state index in [1.807, 2.05) is 11.8 Å². The summed E-state index contributed by atoms with van der Waals surface area (Å²) in [6.07, 6.45) is 1.12. The molecule has 0 aromatic heterocycles. The number of hydrogen-bond donors (Lipinski definition) is 1. The van der Waals surface area contributed by atoms with Gasteiger partial charge >= 0.3 is 0 Å². The molecule has 78 valence electrons. The molecule has 0 unspecified atom stereocenters. The van der Waals surface area contributed by atoms with Gasteiger partial charge in [0.15, 0.2) is 0 Å². The Morgan fingerprint density at radius 3 is 2.43 bits per heavy atom. The van der Waals surface area contributed by atoms with Gasteiger partial charge in [0, 0.05) is 10.6 Å². The zero-order chi connectivity index (χ0) is 10.4. The van der Waals surface area contributed by atoms with E-state index in [2.05, 4.69) is 38.1 Å². The Labute approximate surface area is 91.1 Å². The van der Waals surface area contributed by atoms with Gasteiger partial charge in [0.25, 0.3) is 0 Å². The molecule has 0 aliphatic heterocycles. The Morgan fingerprint density at radius 1 is 1.29 bits per heavy atom. The lowest BCUT2D eigenvalue weighted by molar-refractivity contribution is 0.675. The van der Waals surface area contributed by atoms with Crippen LogP contribution in [0.25, 0.3) is 0 Å². The fourth-order valence-electron chi connectivity index (χ4n) is 1.13. The monoisotopic (exact) mass is 209 g/mol. The molecular formula is C12H19NS. The summed E-state index contributed by atoms with van der Waals surface area (Å²) in [5.74, 6) is 1.72. The van der Waals surface area contributed by atoms with Gasteiger partial charge in [0.05, 0.1) is 0 Å². The van der Waals surface area contributed by atoms with Crippen molar-refractivity contribution in [2.75, 3.05) is 12.3 Å². The Hall–Kier alpha value is -0.470. The van der Waals surface area contributed by atoms with Crippen molar-refractivity contribution >= 4 is 11.8 Å².